The van der Waals surface area contributed by atoms with Crippen LogP contribution in [-0.4, -0.2) is 17.7 Å². The van der Waals surface area contributed by atoms with Gasteiger partial charge in [-0.1, -0.05) is 26.3 Å². The third kappa shape index (κ3) is 3.93. The summed E-state index contributed by atoms with van der Waals surface area (Å²) in [6.45, 7) is 5.29. The van der Waals surface area contributed by atoms with E-state index in [0.29, 0.717) is 0 Å². The first-order valence-corrected chi connectivity index (χ1v) is 6.62. The van der Waals surface area contributed by atoms with Gasteiger partial charge in [-0.3, -0.25) is 0 Å². The van der Waals surface area contributed by atoms with Gasteiger partial charge < -0.3 is 10.4 Å². The number of thiophene rings is 1. The monoisotopic (exact) mass is 227 g/mol. The highest BCUT2D eigenvalue weighted by Gasteiger charge is 2.18. The van der Waals surface area contributed by atoms with Gasteiger partial charge in [0.15, 0.2) is 0 Å². The van der Waals surface area contributed by atoms with E-state index in [9.17, 15) is 5.11 Å². The van der Waals surface area contributed by atoms with Gasteiger partial charge >= 0.3 is 0 Å². The van der Waals surface area contributed by atoms with Gasteiger partial charge in [-0.2, -0.15) is 0 Å². The van der Waals surface area contributed by atoms with Gasteiger partial charge in [0.05, 0.1) is 0 Å². The Hall–Kier alpha value is -0.380. The number of aliphatic hydroxyl groups excluding tert-OH is 1. The van der Waals surface area contributed by atoms with E-state index in [2.05, 4.69) is 19.2 Å². The summed E-state index contributed by atoms with van der Waals surface area (Å²) >= 11 is 1.62. The Morgan fingerprint density at radius 3 is 2.80 bits per heavy atom. The second kappa shape index (κ2) is 6.99. The largest absolute Gasteiger partial charge is 0.386 e. The van der Waals surface area contributed by atoms with E-state index in [1.54, 1.807) is 11.3 Å². The van der Waals surface area contributed by atoms with Crippen molar-refractivity contribution in [1.29, 1.82) is 0 Å². The van der Waals surface area contributed by atoms with Crippen LogP contribution in [0.5, 0.6) is 0 Å². The molecule has 2 nitrogen and oxygen atoms in total. The van der Waals surface area contributed by atoms with Crippen molar-refractivity contribution in [3.63, 3.8) is 0 Å². The molecule has 1 aromatic rings. The van der Waals surface area contributed by atoms with E-state index in [-0.39, 0.29) is 12.1 Å². The molecule has 0 aliphatic rings. The predicted molar refractivity (Wildman–Crippen MR) is 66.3 cm³/mol. The Morgan fingerprint density at radius 1 is 1.47 bits per heavy atom. The lowest BCUT2D eigenvalue weighted by Crippen LogP contribution is -2.34. The Bertz CT molecular complexity index is 248. The number of aliphatic hydroxyl groups is 1. The van der Waals surface area contributed by atoms with Crippen LogP contribution in [0.3, 0.4) is 0 Å². The molecule has 1 rings (SSSR count). The van der Waals surface area contributed by atoms with Crippen LogP contribution >= 0.6 is 11.3 Å². The average Bonchev–Trinajstić information content (AvgIpc) is 2.77. The van der Waals surface area contributed by atoms with E-state index >= 15 is 0 Å². The summed E-state index contributed by atoms with van der Waals surface area (Å²) in [4.78, 5) is 1.06. The summed E-state index contributed by atoms with van der Waals surface area (Å²) in [5, 5.41) is 15.5. The molecule has 0 aromatic carbocycles. The Kier molecular flexibility index (Phi) is 5.91. The molecule has 0 fully saturated rings. The minimum Gasteiger partial charge on any atom is -0.386 e. The number of unbranched alkanes of at least 4 members (excludes halogenated alkanes) is 1. The maximum Gasteiger partial charge on any atom is 0.103 e. The minimum absolute atomic E-state index is 0.190. The SMILES string of the molecule is CCCCNC(CC)C(O)c1cccs1. The standard InChI is InChI=1S/C12H21NOS/c1-3-5-8-13-10(4-2)12(14)11-7-6-9-15-11/h6-7,9-10,12-14H,3-5,8H2,1-2H3. The van der Waals surface area contributed by atoms with E-state index in [1.165, 1.54) is 12.8 Å². The second-order valence-corrected chi connectivity index (χ2v) is 4.76. The Labute approximate surface area is 96.3 Å². The summed E-state index contributed by atoms with van der Waals surface area (Å²) < 4.78 is 0. The normalized spacial score (nSPS) is 15.1. The zero-order chi connectivity index (χ0) is 11.1. The Morgan fingerprint density at radius 2 is 2.27 bits per heavy atom. The molecule has 2 atom stereocenters. The van der Waals surface area contributed by atoms with Crippen molar-refractivity contribution in [2.45, 2.75) is 45.3 Å². The highest BCUT2D eigenvalue weighted by molar-refractivity contribution is 7.10. The second-order valence-electron chi connectivity index (χ2n) is 3.78. The molecule has 3 heteroatoms. The zero-order valence-electron chi connectivity index (χ0n) is 9.57. The lowest BCUT2D eigenvalue weighted by Gasteiger charge is -2.22. The third-order valence-electron chi connectivity index (χ3n) is 2.59. The smallest absolute Gasteiger partial charge is 0.103 e. The molecule has 0 saturated heterocycles. The molecule has 15 heavy (non-hydrogen) atoms. The van der Waals surface area contributed by atoms with Crippen LogP contribution in [0, 0.1) is 0 Å². The first-order chi connectivity index (χ1) is 7.29. The van der Waals surface area contributed by atoms with Crippen molar-refractivity contribution in [1.82, 2.24) is 5.32 Å². The van der Waals surface area contributed by atoms with Crippen molar-refractivity contribution in [3.8, 4) is 0 Å². The maximum absolute atomic E-state index is 10.1. The molecule has 2 unspecified atom stereocenters. The van der Waals surface area contributed by atoms with E-state index in [4.69, 9.17) is 0 Å². The molecule has 0 spiro atoms. The quantitative estimate of drug-likeness (QED) is 0.702. The molecule has 0 amide bonds. The molecule has 2 N–H and O–H groups in total. The molecule has 1 aromatic heterocycles. The van der Waals surface area contributed by atoms with Crippen LogP contribution in [-0.2, 0) is 0 Å². The number of nitrogens with one attached hydrogen (secondary N) is 1. The average molecular weight is 227 g/mol. The highest BCUT2D eigenvalue weighted by atomic mass is 32.1. The van der Waals surface area contributed by atoms with Gasteiger partial charge in [-0.05, 0) is 30.8 Å². The molecule has 0 aliphatic heterocycles. The maximum atomic E-state index is 10.1. The molecule has 1 heterocycles. The molecule has 0 saturated carbocycles. The fourth-order valence-corrected chi connectivity index (χ4v) is 2.38. The van der Waals surface area contributed by atoms with Gasteiger partial charge in [0, 0.05) is 10.9 Å². The number of hydrogen-bond donors (Lipinski definition) is 2. The predicted octanol–water partition coefficient (Wildman–Crippen LogP) is 2.95. The van der Waals surface area contributed by atoms with Gasteiger partial charge in [0.25, 0.3) is 0 Å². The van der Waals surface area contributed by atoms with Crippen LogP contribution < -0.4 is 5.32 Å². The zero-order valence-corrected chi connectivity index (χ0v) is 10.4. The molecular weight excluding hydrogens is 206 g/mol. The first-order valence-electron chi connectivity index (χ1n) is 5.74. The lowest BCUT2D eigenvalue weighted by molar-refractivity contribution is 0.129. The van der Waals surface area contributed by atoms with Gasteiger partial charge in [-0.15, -0.1) is 11.3 Å². The van der Waals surface area contributed by atoms with Crippen LogP contribution in [0.4, 0.5) is 0 Å². The van der Waals surface area contributed by atoms with Crippen LogP contribution in [0.25, 0.3) is 0 Å². The van der Waals surface area contributed by atoms with Crippen LogP contribution in [0.2, 0.25) is 0 Å². The van der Waals surface area contributed by atoms with Crippen molar-refractivity contribution in [3.05, 3.63) is 22.4 Å². The third-order valence-corrected chi connectivity index (χ3v) is 3.54. The number of hydrogen-bond acceptors (Lipinski definition) is 3. The Balaban J connectivity index is 2.43. The molecule has 86 valence electrons. The summed E-state index contributed by atoms with van der Waals surface area (Å²) in [6.07, 6.45) is 2.97. The topological polar surface area (TPSA) is 32.3 Å². The van der Waals surface area contributed by atoms with Gasteiger partial charge in [0.1, 0.15) is 6.10 Å². The molecule has 0 bridgehead atoms. The fourth-order valence-electron chi connectivity index (χ4n) is 1.60. The summed E-state index contributed by atoms with van der Waals surface area (Å²) in [7, 11) is 0. The summed E-state index contributed by atoms with van der Waals surface area (Å²) in [6, 6.07) is 4.18. The number of rotatable bonds is 7. The first kappa shape index (κ1) is 12.7. The summed E-state index contributed by atoms with van der Waals surface area (Å²) in [5.41, 5.74) is 0. The van der Waals surface area contributed by atoms with Crippen molar-refractivity contribution in [2.75, 3.05) is 6.54 Å². The van der Waals surface area contributed by atoms with Crippen molar-refractivity contribution >= 4 is 11.3 Å². The highest BCUT2D eigenvalue weighted by Crippen LogP contribution is 2.23. The molecular formula is C12H21NOS. The molecule has 0 radical (unpaired) electrons. The van der Waals surface area contributed by atoms with Gasteiger partial charge in [-0.25, -0.2) is 0 Å². The van der Waals surface area contributed by atoms with Crippen LogP contribution in [0.1, 0.15) is 44.1 Å². The van der Waals surface area contributed by atoms with Crippen molar-refractivity contribution < 1.29 is 5.11 Å². The van der Waals surface area contributed by atoms with Gasteiger partial charge in [0.2, 0.25) is 0 Å². The van der Waals surface area contributed by atoms with Crippen molar-refractivity contribution in [2.24, 2.45) is 0 Å². The summed E-state index contributed by atoms with van der Waals surface area (Å²) in [5.74, 6) is 0. The van der Waals surface area contributed by atoms with Crippen LogP contribution in [0.15, 0.2) is 17.5 Å². The lowest BCUT2D eigenvalue weighted by atomic mass is 10.1. The minimum atomic E-state index is -0.355. The molecule has 0 aliphatic carbocycles. The fraction of sp³-hybridized carbons (Fsp3) is 0.667. The van der Waals surface area contributed by atoms with E-state index in [0.717, 1.165) is 17.8 Å². The van der Waals surface area contributed by atoms with E-state index in [1.807, 2.05) is 17.5 Å². The van der Waals surface area contributed by atoms with E-state index < -0.39 is 0 Å².